The van der Waals surface area contributed by atoms with Gasteiger partial charge in [-0.1, -0.05) is 18.9 Å². The molecule has 1 fully saturated rings. The van der Waals surface area contributed by atoms with Crippen molar-refractivity contribution in [2.75, 3.05) is 24.7 Å². The van der Waals surface area contributed by atoms with Crippen LogP contribution in [0.25, 0.3) is 0 Å². The Morgan fingerprint density at radius 3 is 2.83 bits per heavy atom. The molecule has 1 heterocycles. The van der Waals surface area contributed by atoms with E-state index in [2.05, 4.69) is 9.88 Å². The van der Waals surface area contributed by atoms with E-state index in [1.54, 1.807) is 0 Å². The molecule has 1 N–H and O–H groups in total. The van der Waals surface area contributed by atoms with Crippen molar-refractivity contribution in [2.45, 2.75) is 38.6 Å². The van der Waals surface area contributed by atoms with Gasteiger partial charge in [-0.25, -0.2) is 0 Å². The monoisotopic (exact) mass is 250 g/mol. The van der Waals surface area contributed by atoms with Crippen molar-refractivity contribution < 1.29 is 9.84 Å². The number of aliphatic hydroxyl groups is 1. The van der Waals surface area contributed by atoms with Crippen molar-refractivity contribution in [3.63, 3.8) is 0 Å². The van der Waals surface area contributed by atoms with E-state index in [4.69, 9.17) is 4.74 Å². The van der Waals surface area contributed by atoms with Gasteiger partial charge in [-0.3, -0.25) is 0 Å². The van der Waals surface area contributed by atoms with Crippen LogP contribution in [-0.2, 0) is 0 Å². The van der Waals surface area contributed by atoms with Crippen LogP contribution in [0, 0.1) is 0 Å². The number of hydrogen-bond acceptors (Lipinski definition) is 4. The number of anilines is 1. The molecular formula is C14H22N2O2. The van der Waals surface area contributed by atoms with Crippen LogP contribution in [0.2, 0.25) is 0 Å². The van der Waals surface area contributed by atoms with Crippen molar-refractivity contribution in [1.82, 2.24) is 4.98 Å². The molecule has 0 saturated heterocycles. The van der Waals surface area contributed by atoms with E-state index in [-0.39, 0.29) is 6.61 Å². The molecule has 100 valence electrons. The molecule has 4 nitrogen and oxygen atoms in total. The average molecular weight is 250 g/mol. The van der Waals surface area contributed by atoms with Gasteiger partial charge >= 0.3 is 0 Å². The fraction of sp³-hybridized carbons (Fsp3) is 0.643. The standard InChI is InChI=1S/C14H22N2O2/c1-2-18-14-9-5-8-13(15-14)16(10-11-17)12-6-3-4-7-12/h5,8-9,12,17H,2-4,6-7,10-11H2,1H3. The molecule has 2 rings (SSSR count). The Morgan fingerprint density at radius 2 is 2.17 bits per heavy atom. The molecular weight excluding hydrogens is 228 g/mol. The minimum atomic E-state index is 0.164. The van der Waals surface area contributed by atoms with Gasteiger partial charge in [0.25, 0.3) is 0 Å². The maximum absolute atomic E-state index is 9.23. The minimum absolute atomic E-state index is 0.164. The SMILES string of the molecule is CCOc1cccc(N(CCO)C2CCCC2)n1. The lowest BCUT2D eigenvalue weighted by Gasteiger charge is -2.29. The Labute approximate surface area is 109 Å². The first-order chi connectivity index (χ1) is 8.85. The zero-order chi connectivity index (χ0) is 12.8. The third kappa shape index (κ3) is 3.13. The first-order valence-electron chi connectivity index (χ1n) is 6.82. The van der Waals surface area contributed by atoms with Crippen LogP contribution in [0.3, 0.4) is 0 Å². The Kier molecular flexibility index (Phi) is 4.81. The molecule has 1 aliphatic rings. The molecule has 0 aromatic carbocycles. The summed E-state index contributed by atoms with van der Waals surface area (Å²) in [7, 11) is 0. The van der Waals surface area contributed by atoms with E-state index < -0.39 is 0 Å². The molecule has 4 heteroatoms. The summed E-state index contributed by atoms with van der Waals surface area (Å²) in [6.45, 7) is 3.39. The number of aliphatic hydroxyl groups excluding tert-OH is 1. The lowest BCUT2D eigenvalue weighted by atomic mass is 10.2. The highest BCUT2D eigenvalue weighted by Crippen LogP contribution is 2.27. The van der Waals surface area contributed by atoms with E-state index in [0.29, 0.717) is 25.1 Å². The molecule has 0 bridgehead atoms. The fourth-order valence-corrected chi connectivity index (χ4v) is 2.60. The smallest absolute Gasteiger partial charge is 0.215 e. The van der Waals surface area contributed by atoms with Crippen molar-refractivity contribution in [2.24, 2.45) is 0 Å². The van der Waals surface area contributed by atoms with Crippen molar-refractivity contribution >= 4 is 5.82 Å². The van der Waals surface area contributed by atoms with Gasteiger partial charge in [0.1, 0.15) is 5.82 Å². The maximum atomic E-state index is 9.23. The summed E-state index contributed by atoms with van der Waals surface area (Å²) in [5, 5.41) is 9.23. The van der Waals surface area contributed by atoms with Gasteiger partial charge in [-0.05, 0) is 25.8 Å². The second-order valence-electron chi connectivity index (χ2n) is 4.62. The van der Waals surface area contributed by atoms with E-state index in [0.717, 1.165) is 5.82 Å². The summed E-state index contributed by atoms with van der Waals surface area (Å²) < 4.78 is 5.44. The first kappa shape index (κ1) is 13.1. The molecule has 0 spiro atoms. The quantitative estimate of drug-likeness (QED) is 0.841. The van der Waals surface area contributed by atoms with Crippen LogP contribution in [0.15, 0.2) is 18.2 Å². The van der Waals surface area contributed by atoms with Crippen molar-refractivity contribution in [3.05, 3.63) is 18.2 Å². The number of aromatic nitrogens is 1. The second kappa shape index (κ2) is 6.59. The number of nitrogens with zero attached hydrogens (tertiary/aromatic N) is 2. The average Bonchev–Trinajstić information content (AvgIpc) is 2.90. The van der Waals surface area contributed by atoms with Crippen LogP contribution >= 0.6 is 0 Å². The van der Waals surface area contributed by atoms with Crippen LogP contribution in [0.4, 0.5) is 5.82 Å². The van der Waals surface area contributed by atoms with Crippen LogP contribution in [0.1, 0.15) is 32.6 Å². The first-order valence-corrected chi connectivity index (χ1v) is 6.82. The normalized spacial score (nSPS) is 15.9. The summed E-state index contributed by atoms with van der Waals surface area (Å²) in [5.74, 6) is 1.58. The zero-order valence-corrected chi connectivity index (χ0v) is 11.0. The lowest BCUT2D eigenvalue weighted by molar-refractivity contribution is 0.296. The molecule has 1 saturated carbocycles. The molecule has 1 aromatic rings. The number of rotatable bonds is 6. The number of ether oxygens (including phenoxy) is 1. The van der Waals surface area contributed by atoms with Gasteiger partial charge < -0.3 is 14.7 Å². The Bertz CT molecular complexity index is 365. The predicted molar refractivity (Wildman–Crippen MR) is 72.1 cm³/mol. The molecule has 0 aliphatic heterocycles. The van der Waals surface area contributed by atoms with Gasteiger partial charge in [0.2, 0.25) is 5.88 Å². The van der Waals surface area contributed by atoms with Crippen LogP contribution in [-0.4, -0.2) is 35.9 Å². The largest absolute Gasteiger partial charge is 0.478 e. The summed E-state index contributed by atoms with van der Waals surface area (Å²) in [6, 6.07) is 6.35. The van der Waals surface area contributed by atoms with Crippen LogP contribution in [0.5, 0.6) is 5.88 Å². The summed E-state index contributed by atoms with van der Waals surface area (Å²) in [5.41, 5.74) is 0. The van der Waals surface area contributed by atoms with E-state index in [9.17, 15) is 5.11 Å². The third-order valence-electron chi connectivity index (χ3n) is 3.40. The van der Waals surface area contributed by atoms with E-state index in [1.807, 2.05) is 25.1 Å². The molecule has 1 aliphatic carbocycles. The Morgan fingerprint density at radius 1 is 1.39 bits per heavy atom. The Balaban J connectivity index is 2.15. The molecule has 0 radical (unpaired) electrons. The highest BCUT2D eigenvalue weighted by Gasteiger charge is 2.23. The fourth-order valence-electron chi connectivity index (χ4n) is 2.60. The maximum Gasteiger partial charge on any atom is 0.215 e. The summed E-state index contributed by atoms with van der Waals surface area (Å²) >= 11 is 0. The topological polar surface area (TPSA) is 45.6 Å². The summed E-state index contributed by atoms with van der Waals surface area (Å²) in [6.07, 6.45) is 4.94. The molecule has 0 unspecified atom stereocenters. The zero-order valence-electron chi connectivity index (χ0n) is 11.0. The van der Waals surface area contributed by atoms with E-state index in [1.165, 1.54) is 25.7 Å². The summed E-state index contributed by atoms with van der Waals surface area (Å²) in [4.78, 5) is 6.74. The minimum Gasteiger partial charge on any atom is -0.478 e. The highest BCUT2D eigenvalue weighted by molar-refractivity contribution is 5.42. The predicted octanol–water partition coefficient (Wildman–Crippen LogP) is 2.22. The van der Waals surface area contributed by atoms with Gasteiger partial charge in [-0.2, -0.15) is 4.98 Å². The lowest BCUT2D eigenvalue weighted by Crippen LogP contribution is -2.36. The van der Waals surface area contributed by atoms with Gasteiger partial charge in [0.15, 0.2) is 0 Å². The van der Waals surface area contributed by atoms with Crippen molar-refractivity contribution in [1.29, 1.82) is 0 Å². The second-order valence-corrected chi connectivity index (χ2v) is 4.62. The van der Waals surface area contributed by atoms with Crippen LogP contribution < -0.4 is 9.64 Å². The third-order valence-corrected chi connectivity index (χ3v) is 3.40. The molecule has 0 atom stereocenters. The molecule has 1 aromatic heterocycles. The number of hydrogen-bond donors (Lipinski definition) is 1. The van der Waals surface area contributed by atoms with E-state index >= 15 is 0 Å². The Hall–Kier alpha value is -1.29. The molecule has 18 heavy (non-hydrogen) atoms. The van der Waals surface area contributed by atoms with Gasteiger partial charge in [0, 0.05) is 18.7 Å². The number of pyridine rings is 1. The van der Waals surface area contributed by atoms with Crippen molar-refractivity contribution in [3.8, 4) is 5.88 Å². The molecule has 0 amide bonds. The van der Waals surface area contributed by atoms with Gasteiger partial charge in [-0.15, -0.1) is 0 Å². The highest BCUT2D eigenvalue weighted by atomic mass is 16.5. The van der Waals surface area contributed by atoms with Gasteiger partial charge in [0.05, 0.1) is 13.2 Å².